The van der Waals surface area contributed by atoms with E-state index in [1.807, 2.05) is 0 Å². The molecule has 8 heavy (non-hydrogen) atoms. The van der Waals surface area contributed by atoms with Crippen LogP contribution in [0.3, 0.4) is 0 Å². The SMILES string of the molecule is CO/C=C(\C)C(=O)Cl. The van der Waals surface area contributed by atoms with Crippen LogP contribution >= 0.6 is 11.6 Å². The van der Waals surface area contributed by atoms with E-state index in [0.29, 0.717) is 5.57 Å². The van der Waals surface area contributed by atoms with Crippen LogP contribution in [0.25, 0.3) is 0 Å². The summed E-state index contributed by atoms with van der Waals surface area (Å²) in [5, 5.41) is -0.480. The van der Waals surface area contributed by atoms with Crippen LogP contribution in [-0.4, -0.2) is 12.4 Å². The summed E-state index contributed by atoms with van der Waals surface area (Å²) in [5.41, 5.74) is 0.411. The molecule has 0 bridgehead atoms. The summed E-state index contributed by atoms with van der Waals surface area (Å²) in [7, 11) is 1.46. The van der Waals surface area contributed by atoms with Gasteiger partial charge in [0.05, 0.1) is 13.4 Å². The molecular formula is C5H7ClO2. The zero-order valence-electron chi connectivity index (χ0n) is 4.77. The predicted molar refractivity (Wildman–Crippen MR) is 31.6 cm³/mol. The molecule has 0 aliphatic carbocycles. The van der Waals surface area contributed by atoms with Crippen molar-refractivity contribution in [3.05, 3.63) is 11.8 Å². The van der Waals surface area contributed by atoms with Crippen molar-refractivity contribution in [2.45, 2.75) is 6.92 Å². The molecule has 2 nitrogen and oxygen atoms in total. The van der Waals surface area contributed by atoms with Crippen LogP contribution in [-0.2, 0) is 9.53 Å². The molecule has 46 valence electrons. The molecule has 3 heteroatoms. The van der Waals surface area contributed by atoms with E-state index < -0.39 is 5.24 Å². The second-order valence-corrected chi connectivity index (χ2v) is 1.65. The van der Waals surface area contributed by atoms with Crippen LogP contribution in [0.4, 0.5) is 0 Å². The Labute approximate surface area is 53.1 Å². The van der Waals surface area contributed by atoms with Crippen molar-refractivity contribution in [2.75, 3.05) is 7.11 Å². The third kappa shape index (κ3) is 2.64. The van der Waals surface area contributed by atoms with Gasteiger partial charge in [0.1, 0.15) is 0 Å². The highest BCUT2D eigenvalue weighted by molar-refractivity contribution is 6.67. The maximum absolute atomic E-state index is 10.2. The van der Waals surface area contributed by atoms with Crippen molar-refractivity contribution in [1.82, 2.24) is 0 Å². The largest absolute Gasteiger partial charge is 0.504 e. The van der Waals surface area contributed by atoms with E-state index in [1.165, 1.54) is 13.4 Å². The zero-order valence-corrected chi connectivity index (χ0v) is 5.53. The first-order chi connectivity index (χ1) is 3.68. The molecule has 0 saturated heterocycles. The average molecular weight is 135 g/mol. The molecule has 0 amide bonds. The maximum Gasteiger partial charge on any atom is 0.251 e. The van der Waals surface area contributed by atoms with Gasteiger partial charge in [-0.2, -0.15) is 0 Å². The monoisotopic (exact) mass is 134 g/mol. The van der Waals surface area contributed by atoms with Gasteiger partial charge in [-0.3, -0.25) is 4.79 Å². The molecule has 0 unspecified atom stereocenters. The topological polar surface area (TPSA) is 26.3 Å². The highest BCUT2D eigenvalue weighted by Crippen LogP contribution is 1.96. The Bertz CT molecular complexity index is 118. The van der Waals surface area contributed by atoms with Gasteiger partial charge in [-0.05, 0) is 18.5 Å². The number of ether oxygens (including phenoxy) is 1. The van der Waals surface area contributed by atoms with Gasteiger partial charge >= 0.3 is 0 Å². The molecule has 0 N–H and O–H groups in total. The number of methoxy groups -OCH3 is 1. The highest BCUT2D eigenvalue weighted by Gasteiger charge is 1.95. The highest BCUT2D eigenvalue weighted by atomic mass is 35.5. The molecular weight excluding hydrogens is 128 g/mol. The summed E-state index contributed by atoms with van der Waals surface area (Å²) in [6.07, 6.45) is 1.30. The lowest BCUT2D eigenvalue weighted by Crippen LogP contribution is -1.87. The Morgan fingerprint density at radius 3 is 2.38 bits per heavy atom. The number of carbonyl (C=O) groups excluding carboxylic acids is 1. The van der Waals surface area contributed by atoms with Gasteiger partial charge in [-0.15, -0.1) is 0 Å². The molecule has 0 rings (SSSR count). The van der Waals surface area contributed by atoms with Gasteiger partial charge in [-0.1, -0.05) is 0 Å². The Morgan fingerprint density at radius 2 is 2.25 bits per heavy atom. The van der Waals surface area contributed by atoms with Gasteiger partial charge in [0, 0.05) is 5.57 Å². The first-order valence-electron chi connectivity index (χ1n) is 2.08. The van der Waals surface area contributed by atoms with E-state index in [0.717, 1.165) is 0 Å². The van der Waals surface area contributed by atoms with Crippen LogP contribution < -0.4 is 0 Å². The van der Waals surface area contributed by atoms with E-state index in [2.05, 4.69) is 4.74 Å². The lowest BCUT2D eigenvalue weighted by molar-refractivity contribution is -0.108. The maximum atomic E-state index is 10.2. The van der Waals surface area contributed by atoms with Gasteiger partial charge in [-0.25, -0.2) is 0 Å². The first-order valence-corrected chi connectivity index (χ1v) is 2.45. The van der Waals surface area contributed by atoms with E-state index in [4.69, 9.17) is 11.6 Å². The number of carbonyl (C=O) groups is 1. The number of hydrogen-bond donors (Lipinski definition) is 0. The second kappa shape index (κ2) is 3.50. The van der Waals surface area contributed by atoms with Gasteiger partial charge in [0.15, 0.2) is 0 Å². The minimum Gasteiger partial charge on any atom is -0.504 e. The van der Waals surface area contributed by atoms with Crippen LogP contribution in [0.5, 0.6) is 0 Å². The van der Waals surface area contributed by atoms with E-state index in [9.17, 15) is 4.79 Å². The minimum atomic E-state index is -0.480. The quantitative estimate of drug-likeness (QED) is 0.323. The molecule has 0 aromatic rings. The first kappa shape index (κ1) is 7.50. The van der Waals surface area contributed by atoms with Gasteiger partial charge in [0.25, 0.3) is 5.24 Å². The smallest absolute Gasteiger partial charge is 0.251 e. The second-order valence-electron chi connectivity index (χ2n) is 1.31. The van der Waals surface area contributed by atoms with Crippen molar-refractivity contribution in [3.63, 3.8) is 0 Å². The Kier molecular flexibility index (Phi) is 3.28. The number of hydrogen-bond acceptors (Lipinski definition) is 2. The minimum absolute atomic E-state index is 0.411. The zero-order chi connectivity index (χ0) is 6.57. The van der Waals surface area contributed by atoms with Crippen molar-refractivity contribution < 1.29 is 9.53 Å². The summed E-state index contributed by atoms with van der Waals surface area (Å²) in [5.74, 6) is 0. The Hall–Kier alpha value is -0.500. The Balaban J connectivity index is 3.80. The number of halogens is 1. The van der Waals surface area contributed by atoms with Crippen molar-refractivity contribution in [3.8, 4) is 0 Å². The fourth-order valence-corrected chi connectivity index (χ4v) is 0.268. The molecule has 0 atom stereocenters. The summed E-state index contributed by atoms with van der Waals surface area (Å²) in [4.78, 5) is 10.2. The molecule has 0 aliphatic rings. The third-order valence-corrected chi connectivity index (χ3v) is 0.903. The lowest BCUT2D eigenvalue weighted by Gasteiger charge is -1.88. The summed E-state index contributed by atoms with van der Waals surface area (Å²) in [6, 6.07) is 0. The Morgan fingerprint density at radius 1 is 1.75 bits per heavy atom. The van der Waals surface area contributed by atoms with Gasteiger partial charge < -0.3 is 4.74 Å². The number of rotatable bonds is 2. The standard InChI is InChI=1S/C5H7ClO2/c1-4(3-8-2)5(6)7/h3H,1-2H3/b4-3+. The van der Waals surface area contributed by atoms with Crippen LogP contribution in [0.15, 0.2) is 11.8 Å². The van der Waals surface area contributed by atoms with Crippen molar-refractivity contribution in [1.29, 1.82) is 0 Å². The molecule has 0 aliphatic heterocycles. The average Bonchev–Trinajstić information content (AvgIpc) is 1.67. The fraction of sp³-hybridized carbons (Fsp3) is 0.400. The van der Waals surface area contributed by atoms with Gasteiger partial charge in [0.2, 0.25) is 0 Å². The van der Waals surface area contributed by atoms with Crippen LogP contribution in [0, 0.1) is 0 Å². The lowest BCUT2D eigenvalue weighted by atomic mass is 10.4. The molecule has 0 aromatic heterocycles. The predicted octanol–water partition coefficient (Wildman–Crippen LogP) is 1.30. The van der Waals surface area contributed by atoms with Crippen LogP contribution in [0.2, 0.25) is 0 Å². The molecule has 0 aromatic carbocycles. The molecule has 0 heterocycles. The fourth-order valence-electron chi connectivity index (χ4n) is 0.223. The number of allylic oxidation sites excluding steroid dienone is 1. The normalized spacial score (nSPS) is 11.1. The summed E-state index contributed by atoms with van der Waals surface area (Å²) in [6.45, 7) is 1.58. The van der Waals surface area contributed by atoms with Crippen LogP contribution in [0.1, 0.15) is 6.92 Å². The summed E-state index contributed by atoms with van der Waals surface area (Å²) < 4.78 is 4.50. The van der Waals surface area contributed by atoms with E-state index >= 15 is 0 Å². The third-order valence-electron chi connectivity index (χ3n) is 0.605. The molecule has 0 radical (unpaired) electrons. The molecule has 0 saturated carbocycles. The molecule has 0 fully saturated rings. The van der Waals surface area contributed by atoms with E-state index in [1.54, 1.807) is 6.92 Å². The van der Waals surface area contributed by atoms with Crippen molar-refractivity contribution in [2.24, 2.45) is 0 Å². The van der Waals surface area contributed by atoms with Crippen molar-refractivity contribution >= 4 is 16.8 Å². The summed E-state index contributed by atoms with van der Waals surface area (Å²) >= 11 is 5.02. The molecule has 0 spiro atoms. The van der Waals surface area contributed by atoms with E-state index in [-0.39, 0.29) is 0 Å².